The minimum Gasteiger partial charge on any atom is -0.399 e. The summed E-state index contributed by atoms with van der Waals surface area (Å²) in [5, 5.41) is 9.31. The molecule has 17 heavy (non-hydrogen) atoms. The Morgan fingerprint density at radius 2 is 2.35 bits per heavy atom. The lowest BCUT2D eigenvalue weighted by Gasteiger charge is -2.06. The number of nitrogen functional groups attached to an aromatic ring is 1. The first-order chi connectivity index (χ1) is 8.16. The van der Waals surface area contributed by atoms with E-state index >= 15 is 0 Å². The van der Waals surface area contributed by atoms with Crippen molar-refractivity contribution < 1.29 is 4.79 Å². The molecule has 0 unspecified atom stereocenters. The van der Waals surface area contributed by atoms with E-state index in [0.29, 0.717) is 17.8 Å². The number of benzene rings is 1. The van der Waals surface area contributed by atoms with Gasteiger partial charge in [-0.1, -0.05) is 0 Å². The van der Waals surface area contributed by atoms with E-state index in [1.165, 1.54) is 0 Å². The molecule has 0 saturated carbocycles. The van der Waals surface area contributed by atoms with Gasteiger partial charge in [0, 0.05) is 29.6 Å². The summed E-state index contributed by atoms with van der Waals surface area (Å²) in [4.78, 5) is 11.8. The number of carbonyl (C=O) groups excluding carboxylic acids is 1. The number of aromatic amines is 1. The Hall–Kier alpha value is -2.30. The molecule has 0 bridgehead atoms. The van der Waals surface area contributed by atoms with Crippen molar-refractivity contribution in [2.75, 3.05) is 5.73 Å². The molecule has 2 aromatic rings. The second-order valence-electron chi connectivity index (χ2n) is 3.86. The minimum atomic E-state index is -0.116. The van der Waals surface area contributed by atoms with E-state index in [2.05, 4.69) is 15.5 Å². The molecule has 0 radical (unpaired) electrons. The maximum atomic E-state index is 11.8. The summed E-state index contributed by atoms with van der Waals surface area (Å²) < 4.78 is 0. The zero-order valence-corrected chi connectivity index (χ0v) is 9.53. The third-order valence-electron chi connectivity index (χ3n) is 2.54. The first-order valence-corrected chi connectivity index (χ1v) is 5.29. The van der Waals surface area contributed by atoms with Crippen molar-refractivity contribution in [2.45, 2.75) is 13.5 Å². The molecule has 2 rings (SSSR count). The molecular formula is C12H14N4O. The highest BCUT2D eigenvalue weighted by Gasteiger charge is 2.06. The van der Waals surface area contributed by atoms with Gasteiger partial charge in [0.25, 0.3) is 5.91 Å². The number of hydrogen-bond acceptors (Lipinski definition) is 3. The summed E-state index contributed by atoms with van der Waals surface area (Å²) in [6.45, 7) is 2.33. The van der Waals surface area contributed by atoms with Gasteiger partial charge in [0.2, 0.25) is 0 Å². The van der Waals surface area contributed by atoms with Gasteiger partial charge >= 0.3 is 0 Å². The molecule has 1 aromatic heterocycles. The van der Waals surface area contributed by atoms with Crippen LogP contribution in [0, 0.1) is 6.92 Å². The fraction of sp³-hybridized carbons (Fsp3) is 0.167. The van der Waals surface area contributed by atoms with Crippen LogP contribution in [0.15, 0.2) is 30.6 Å². The van der Waals surface area contributed by atoms with Crippen LogP contribution in [0.2, 0.25) is 0 Å². The highest BCUT2D eigenvalue weighted by atomic mass is 16.1. The van der Waals surface area contributed by atoms with E-state index < -0.39 is 0 Å². The number of amides is 1. The summed E-state index contributed by atoms with van der Waals surface area (Å²) in [7, 11) is 0. The number of aromatic nitrogens is 2. The standard InChI is InChI=1S/C12H14N4O/c1-8-4-10(2-3-11(8)13)12(17)14-5-9-6-15-16-7-9/h2-4,6-7H,5,13H2,1H3,(H,14,17)(H,15,16). The number of aryl methyl sites for hydroxylation is 1. The largest absolute Gasteiger partial charge is 0.399 e. The van der Waals surface area contributed by atoms with Crippen LogP contribution in [0.4, 0.5) is 5.69 Å². The van der Waals surface area contributed by atoms with Crippen LogP contribution in [0.5, 0.6) is 0 Å². The number of carbonyl (C=O) groups is 1. The monoisotopic (exact) mass is 230 g/mol. The predicted molar refractivity (Wildman–Crippen MR) is 65.3 cm³/mol. The number of nitrogens with two attached hydrogens (primary N) is 1. The average molecular weight is 230 g/mol. The van der Waals surface area contributed by atoms with E-state index in [1.807, 2.05) is 6.92 Å². The normalized spacial score (nSPS) is 10.2. The fourth-order valence-electron chi connectivity index (χ4n) is 1.48. The van der Waals surface area contributed by atoms with Gasteiger partial charge in [-0.05, 0) is 30.7 Å². The number of rotatable bonds is 3. The molecule has 0 aliphatic heterocycles. The van der Waals surface area contributed by atoms with Crippen molar-refractivity contribution in [3.63, 3.8) is 0 Å². The predicted octanol–water partition coefficient (Wildman–Crippen LogP) is 1.23. The Morgan fingerprint density at radius 3 is 3.00 bits per heavy atom. The molecule has 0 aliphatic rings. The Kier molecular flexibility index (Phi) is 3.09. The van der Waals surface area contributed by atoms with Crippen molar-refractivity contribution in [1.29, 1.82) is 0 Å². The maximum Gasteiger partial charge on any atom is 0.251 e. The summed E-state index contributed by atoms with van der Waals surface area (Å²) >= 11 is 0. The zero-order chi connectivity index (χ0) is 12.3. The highest BCUT2D eigenvalue weighted by Crippen LogP contribution is 2.12. The fourth-order valence-corrected chi connectivity index (χ4v) is 1.48. The summed E-state index contributed by atoms with van der Waals surface area (Å²) in [5.41, 5.74) is 8.84. The molecule has 1 amide bonds. The molecule has 1 heterocycles. The second-order valence-corrected chi connectivity index (χ2v) is 3.86. The third kappa shape index (κ3) is 2.63. The van der Waals surface area contributed by atoms with Crippen LogP contribution in [0.3, 0.4) is 0 Å². The molecule has 5 heteroatoms. The van der Waals surface area contributed by atoms with Crippen LogP contribution in [-0.4, -0.2) is 16.1 Å². The van der Waals surface area contributed by atoms with E-state index in [9.17, 15) is 4.79 Å². The van der Waals surface area contributed by atoms with Gasteiger partial charge in [-0.25, -0.2) is 0 Å². The lowest BCUT2D eigenvalue weighted by Crippen LogP contribution is -2.22. The van der Waals surface area contributed by atoms with Crippen LogP contribution in [0.25, 0.3) is 0 Å². The quantitative estimate of drug-likeness (QED) is 0.693. The van der Waals surface area contributed by atoms with Gasteiger partial charge in [-0.2, -0.15) is 5.10 Å². The number of hydrogen-bond donors (Lipinski definition) is 3. The van der Waals surface area contributed by atoms with Gasteiger partial charge in [0.1, 0.15) is 0 Å². The smallest absolute Gasteiger partial charge is 0.251 e. The molecular weight excluding hydrogens is 216 g/mol. The molecule has 5 nitrogen and oxygen atoms in total. The topological polar surface area (TPSA) is 83.8 Å². The third-order valence-corrected chi connectivity index (χ3v) is 2.54. The van der Waals surface area contributed by atoms with Crippen molar-refractivity contribution in [3.8, 4) is 0 Å². The summed E-state index contributed by atoms with van der Waals surface area (Å²) in [6, 6.07) is 5.23. The first kappa shape index (κ1) is 11.2. The number of nitrogens with one attached hydrogen (secondary N) is 2. The minimum absolute atomic E-state index is 0.116. The van der Waals surface area contributed by atoms with Crippen LogP contribution in [-0.2, 0) is 6.54 Å². The van der Waals surface area contributed by atoms with E-state index in [-0.39, 0.29) is 5.91 Å². The Balaban J connectivity index is 2.02. The van der Waals surface area contributed by atoms with Gasteiger partial charge < -0.3 is 11.1 Å². The zero-order valence-electron chi connectivity index (χ0n) is 9.53. The molecule has 4 N–H and O–H groups in total. The molecule has 0 atom stereocenters. The Morgan fingerprint density at radius 1 is 1.53 bits per heavy atom. The van der Waals surface area contributed by atoms with Gasteiger partial charge in [-0.15, -0.1) is 0 Å². The van der Waals surface area contributed by atoms with E-state index in [4.69, 9.17) is 5.73 Å². The van der Waals surface area contributed by atoms with Crippen LogP contribution in [0.1, 0.15) is 21.5 Å². The average Bonchev–Trinajstić information content (AvgIpc) is 2.82. The second kappa shape index (κ2) is 4.69. The number of anilines is 1. The lowest BCUT2D eigenvalue weighted by atomic mass is 10.1. The molecule has 0 fully saturated rings. The molecule has 1 aromatic carbocycles. The van der Waals surface area contributed by atoms with Crippen molar-refractivity contribution in [2.24, 2.45) is 0 Å². The first-order valence-electron chi connectivity index (χ1n) is 5.29. The summed E-state index contributed by atoms with van der Waals surface area (Å²) in [6.07, 6.45) is 3.42. The molecule has 0 aliphatic carbocycles. The van der Waals surface area contributed by atoms with Crippen LogP contribution < -0.4 is 11.1 Å². The highest BCUT2D eigenvalue weighted by molar-refractivity contribution is 5.94. The lowest BCUT2D eigenvalue weighted by molar-refractivity contribution is 0.0951. The van der Waals surface area contributed by atoms with Gasteiger partial charge in [-0.3, -0.25) is 9.89 Å². The molecule has 0 spiro atoms. The van der Waals surface area contributed by atoms with Crippen LogP contribution >= 0.6 is 0 Å². The van der Waals surface area contributed by atoms with E-state index in [1.54, 1.807) is 30.6 Å². The summed E-state index contributed by atoms with van der Waals surface area (Å²) in [5.74, 6) is -0.116. The van der Waals surface area contributed by atoms with Gasteiger partial charge in [0.15, 0.2) is 0 Å². The van der Waals surface area contributed by atoms with Crippen molar-refractivity contribution >= 4 is 11.6 Å². The van der Waals surface area contributed by atoms with Gasteiger partial charge in [0.05, 0.1) is 6.20 Å². The molecule has 0 saturated heterocycles. The Bertz CT molecular complexity index is 519. The SMILES string of the molecule is Cc1cc(C(=O)NCc2cn[nH]c2)ccc1N. The van der Waals surface area contributed by atoms with E-state index in [0.717, 1.165) is 11.1 Å². The van der Waals surface area contributed by atoms with Crippen molar-refractivity contribution in [3.05, 3.63) is 47.3 Å². The van der Waals surface area contributed by atoms with Crippen molar-refractivity contribution in [1.82, 2.24) is 15.5 Å². The maximum absolute atomic E-state index is 11.8. The number of H-pyrrole nitrogens is 1. The number of nitrogens with zero attached hydrogens (tertiary/aromatic N) is 1. The Labute approximate surface area is 99.0 Å². The molecule has 88 valence electrons.